The summed E-state index contributed by atoms with van der Waals surface area (Å²) in [7, 11) is 2.03. The van der Waals surface area contributed by atoms with E-state index in [2.05, 4.69) is 40.6 Å². The maximum Gasteiger partial charge on any atom is 0.239 e. The summed E-state index contributed by atoms with van der Waals surface area (Å²) in [4.78, 5) is 17.9. The number of hydrogen-bond donors (Lipinski definition) is 3. The van der Waals surface area contributed by atoms with E-state index < -0.39 is 0 Å². The number of nitrogens with zero attached hydrogens (tertiary/aromatic N) is 2. The standard InChI is InChI=1S/C20H29N5O/c1-12(2)17(19-21-15-10-6-7-11-16(15)25(19)3)22-20(26)18-13-8-4-5-9-14(13)23-24-18/h6-7,10-14,17-18,23-24H,4-5,8-9H2,1-3H3,(H,22,26). The van der Waals surface area contributed by atoms with E-state index in [9.17, 15) is 4.79 Å². The van der Waals surface area contributed by atoms with E-state index in [0.29, 0.717) is 12.0 Å². The topological polar surface area (TPSA) is 71.0 Å². The Bertz CT molecular complexity index is 799. The molecule has 2 aromatic rings. The third kappa shape index (κ3) is 3.01. The highest BCUT2D eigenvalue weighted by molar-refractivity contribution is 5.83. The number of carbonyl (C=O) groups excluding carboxylic acids is 1. The SMILES string of the molecule is CC(C)C(NC(=O)C1NNC2CCCCC21)c1nc2ccccc2n1C. The predicted octanol–water partition coefficient (Wildman–Crippen LogP) is 2.42. The molecule has 0 bridgehead atoms. The summed E-state index contributed by atoms with van der Waals surface area (Å²) in [6.07, 6.45) is 4.73. The third-order valence-corrected chi connectivity index (χ3v) is 6.02. The molecule has 0 spiro atoms. The molecule has 26 heavy (non-hydrogen) atoms. The van der Waals surface area contributed by atoms with Crippen molar-refractivity contribution >= 4 is 16.9 Å². The van der Waals surface area contributed by atoms with Crippen LogP contribution in [0.3, 0.4) is 0 Å². The molecule has 1 amide bonds. The summed E-state index contributed by atoms with van der Waals surface area (Å²) in [5.41, 5.74) is 8.64. The van der Waals surface area contributed by atoms with Gasteiger partial charge in [-0.1, -0.05) is 38.8 Å². The second-order valence-electron chi connectivity index (χ2n) is 8.07. The number of benzene rings is 1. The lowest BCUT2D eigenvalue weighted by atomic mass is 9.81. The molecule has 2 fully saturated rings. The number of imidazole rings is 1. The first-order chi connectivity index (χ1) is 12.6. The highest BCUT2D eigenvalue weighted by atomic mass is 16.2. The molecule has 1 aromatic carbocycles. The van der Waals surface area contributed by atoms with Gasteiger partial charge in [0.1, 0.15) is 11.9 Å². The van der Waals surface area contributed by atoms with Crippen molar-refractivity contribution in [3.63, 3.8) is 0 Å². The second-order valence-corrected chi connectivity index (χ2v) is 8.07. The zero-order valence-electron chi connectivity index (χ0n) is 15.8. The van der Waals surface area contributed by atoms with Gasteiger partial charge in [0.15, 0.2) is 0 Å². The van der Waals surface area contributed by atoms with Crippen LogP contribution < -0.4 is 16.2 Å². The van der Waals surface area contributed by atoms with E-state index in [1.165, 1.54) is 12.8 Å². The van der Waals surface area contributed by atoms with Crippen LogP contribution in [0.1, 0.15) is 51.4 Å². The van der Waals surface area contributed by atoms with Gasteiger partial charge in [-0.3, -0.25) is 10.2 Å². The Morgan fingerprint density at radius 2 is 2.00 bits per heavy atom. The highest BCUT2D eigenvalue weighted by Crippen LogP contribution is 2.31. The smallest absolute Gasteiger partial charge is 0.239 e. The van der Waals surface area contributed by atoms with E-state index in [0.717, 1.165) is 29.7 Å². The molecule has 2 aliphatic rings. The van der Waals surface area contributed by atoms with Crippen LogP contribution in [0.5, 0.6) is 0 Å². The van der Waals surface area contributed by atoms with Crippen molar-refractivity contribution in [2.75, 3.05) is 0 Å². The van der Waals surface area contributed by atoms with Crippen molar-refractivity contribution in [1.82, 2.24) is 25.7 Å². The van der Waals surface area contributed by atoms with Gasteiger partial charge in [0.2, 0.25) is 5.91 Å². The number of hydrazine groups is 1. The molecule has 1 aliphatic heterocycles. The number of para-hydroxylation sites is 2. The van der Waals surface area contributed by atoms with E-state index >= 15 is 0 Å². The molecule has 4 unspecified atom stereocenters. The molecular weight excluding hydrogens is 326 g/mol. The molecule has 140 valence electrons. The highest BCUT2D eigenvalue weighted by Gasteiger charge is 2.41. The largest absolute Gasteiger partial charge is 0.344 e. The van der Waals surface area contributed by atoms with Gasteiger partial charge in [0.05, 0.1) is 17.1 Å². The van der Waals surface area contributed by atoms with Gasteiger partial charge >= 0.3 is 0 Å². The number of fused-ring (bicyclic) bond motifs is 2. The van der Waals surface area contributed by atoms with Crippen LogP contribution in [-0.2, 0) is 11.8 Å². The molecule has 3 N–H and O–H groups in total. The zero-order chi connectivity index (χ0) is 18.3. The summed E-state index contributed by atoms with van der Waals surface area (Å²) >= 11 is 0. The van der Waals surface area contributed by atoms with E-state index in [1.807, 2.05) is 25.2 Å². The number of rotatable bonds is 4. The van der Waals surface area contributed by atoms with Gasteiger partial charge in [-0.15, -0.1) is 0 Å². The van der Waals surface area contributed by atoms with Crippen LogP contribution >= 0.6 is 0 Å². The number of aromatic nitrogens is 2. The summed E-state index contributed by atoms with van der Waals surface area (Å²) in [5, 5.41) is 3.28. The van der Waals surface area contributed by atoms with Crippen molar-refractivity contribution in [2.45, 2.75) is 57.7 Å². The first-order valence-corrected chi connectivity index (χ1v) is 9.79. The second kappa shape index (κ2) is 7.00. The quantitative estimate of drug-likeness (QED) is 0.788. The molecule has 6 heteroatoms. The summed E-state index contributed by atoms with van der Waals surface area (Å²) in [6, 6.07) is 8.27. The molecular formula is C20H29N5O. The minimum atomic E-state index is -0.156. The Hall–Kier alpha value is -1.92. The Balaban J connectivity index is 1.57. The van der Waals surface area contributed by atoms with Crippen LogP contribution in [0, 0.1) is 11.8 Å². The number of carbonyl (C=O) groups is 1. The molecule has 1 saturated carbocycles. The van der Waals surface area contributed by atoms with E-state index in [-0.39, 0.29) is 23.9 Å². The number of nitrogens with one attached hydrogen (secondary N) is 3. The normalized spacial score (nSPS) is 26.8. The number of aryl methyl sites for hydroxylation is 1. The van der Waals surface area contributed by atoms with Crippen LogP contribution in [0.15, 0.2) is 24.3 Å². The average molecular weight is 355 g/mol. The van der Waals surface area contributed by atoms with E-state index in [4.69, 9.17) is 4.98 Å². The van der Waals surface area contributed by atoms with Crippen molar-refractivity contribution in [3.05, 3.63) is 30.1 Å². The number of amides is 1. The summed E-state index contributed by atoms with van der Waals surface area (Å²) in [6.45, 7) is 4.27. The van der Waals surface area contributed by atoms with Crippen LogP contribution in [0.2, 0.25) is 0 Å². The third-order valence-electron chi connectivity index (χ3n) is 6.02. The summed E-state index contributed by atoms with van der Waals surface area (Å²) < 4.78 is 2.10. The van der Waals surface area contributed by atoms with Crippen molar-refractivity contribution in [1.29, 1.82) is 0 Å². The summed E-state index contributed by atoms with van der Waals surface area (Å²) in [5.74, 6) is 1.64. The molecule has 0 radical (unpaired) electrons. The molecule has 4 rings (SSSR count). The van der Waals surface area contributed by atoms with Gasteiger partial charge in [-0.2, -0.15) is 0 Å². The average Bonchev–Trinajstić information content (AvgIpc) is 3.21. The zero-order valence-corrected chi connectivity index (χ0v) is 15.8. The fourth-order valence-electron chi connectivity index (χ4n) is 4.52. The van der Waals surface area contributed by atoms with Gasteiger partial charge in [-0.05, 0) is 30.9 Å². The Kier molecular flexibility index (Phi) is 4.71. The van der Waals surface area contributed by atoms with Gasteiger partial charge in [0.25, 0.3) is 0 Å². The first-order valence-electron chi connectivity index (χ1n) is 9.79. The fraction of sp³-hybridized carbons (Fsp3) is 0.600. The lowest BCUT2D eigenvalue weighted by Gasteiger charge is -2.28. The Morgan fingerprint density at radius 3 is 2.77 bits per heavy atom. The van der Waals surface area contributed by atoms with Gasteiger partial charge in [-0.25, -0.2) is 10.4 Å². The van der Waals surface area contributed by atoms with Crippen LogP contribution in [0.25, 0.3) is 11.0 Å². The first kappa shape index (κ1) is 17.5. The molecule has 2 heterocycles. The molecule has 1 saturated heterocycles. The van der Waals surface area contributed by atoms with Crippen molar-refractivity contribution in [2.24, 2.45) is 18.9 Å². The molecule has 4 atom stereocenters. The van der Waals surface area contributed by atoms with E-state index in [1.54, 1.807) is 0 Å². The lowest BCUT2D eigenvalue weighted by Crippen LogP contribution is -2.48. The molecule has 1 aliphatic carbocycles. The van der Waals surface area contributed by atoms with Crippen LogP contribution in [0.4, 0.5) is 0 Å². The minimum absolute atomic E-state index is 0.0812. The van der Waals surface area contributed by atoms with Crippen molar-refractivity contribution in [3.8, 4) is 0 Å². The lowest BCUT2D eigenvalue weighted by molar-refractivity contribution is -0.125. The molecule has 1 aromatic heterocycles. The number of hydrogen-bond acceptors (Lipinski definition) is 4. The minimum Gasteiger partial charge on any atom is -0.344 e. The maximum atomic E-state index is 13.1. The predicted molar refractivity (Wildman–Crippen MR) is 102 cm³/mol. The monoisotopic (exact) mass is 355 g/mol. The van der Waals surface area contributed by atoms with Gasteiger partial charge in [0, 0.05) is 19.0 Å². The fourth-order valence-corrected chi connectivity index (χ4v) is 4.52. The maximum absolute atomic E-state index is 13.1. The van der Waals surface area contributed by atoms with Gasteiger partial charge < -0.3 is 9.88 Å². The molecule has 6 nitrogen and oxygen atoms in total. The van der Waals surface area contributed by atoms with Crippen molar-refractivity contribution < 1.29 is 4.79 Å². The Morgan fingerprint density at radius 1 is 1.23 bits per heavy atom. The Labute approximate surface area is 154 Å². The van der Waals surface area contributed by atoms with Crippen LogP contribution in [-0.4, -0.2) is 27.5 Å².